The molecule has 0 aromatic carbocycles. The summed E-state index contributed by atoms with van der Waals surface area (Å²) in [5, 5.41) is 0. The minimum absolute atomic E-state index is 0.244. The second-order valence-electron chi connectivity index (χ2n) is 2.90. The van der Waals surface area contributed by atoms with Crippen molar-refractivity contribution in [3.8, 4) is 0 Å². The number of alkyl halides is 5. The number of halogens is 5. The molecule has 1 heterocycles. The lowest BCUT2D eigenvalue weighted by Gasteiger charge is -2.00. The molecule has 0 saturated heterocycles. The van der Waals surface area contributed by atoms with Crippen LogP contribution in [0.4, 0.5) is 22.0 Å². The van der Waals surface area contributed by atoms with Gasteiger partial charge in [-0.3, -0.25) is 9.98 Å². The smallest absolute Gasteiger partial charge is 0.283 e. The average molecular weight is 238 g/mol. The lowest BCUT2D eigenvalue weighted by molar-refractivity contribution is -0.118. The highest BCUT2D eigenvalue weighted by Gasteiger charge is 2.25. The van der Waals surface area contributed by atoms with Crippen molar-refractivity contribution >= 4 is 6.21 Å². The fourth-order valence-corrected chi connectivity index (χ4v) is 0.877. The molecular formula is C9H7F5N2. The second-order valence-corrected chi connectivity index (χ2v) is 2.90. The molecule has 1 rings (SSSR count). The maximum Gasteiger partial charge on any atom is 0.407 e. The van der Waals surface area contributed by atoms with E-state index in [1.54, 1.807) is 0 Å². The van der Waals surface area contributed by atoms with E-state index in [4.69, 9.17) is 0 Å². The maximum absolute atomic E-state index is 12.1. The van der Waals surface area contributed by atoms with Crippen molar-refractivity contribution < 1.29 is 22.0 Å². The van der Waals surface area contributed by atoms with E-state index in [9.17, 15) is 22.0 Å². The van der Waals surface area contributed by atoms with Crippen molar-refractivity contribution in [3.05, 3.63) is 29.6 Å². The van der Waals surface area contributed by atoms with Gasteiger partial charge in [-0.15, -0.1) is 0 Å². The normalized spacial score (nSPS) is 12.6. The van der Waals surface area contributed by atoms with Gasteiger partial charge in [0.15, 0.2) is 0 Å². The van der Waals surface area contributed by atoms with Crippen LogP contribution in [0.1, 0.15) is 17.7 Å². The van der Waals surface area contributed by atoms with Gasteiger partial charge in [0.25, 0.3) is 6.43 Å². The first-order chi connectivity index (χ1) is 7.38. The van der Waals surface area contributed by atoms with Crippen LogP contribution in [0.3, 0.4) is 0 Å². The third-order valence-electron chi connectivity index (χ3n) is 1.54. The second kappa shape index (κ2) is 5.00. The Morgan fingerprint density at radius 2 is 2.00 bits per heavy atom. The van der Waals surface area contributed by atoms with Gasteiger partial charge in [0, 0.05) is 18.0 Å². The van der Waals surface area contributed by atoms with Crippen LogP contribution < -0.4 is 0 Å². The van der Waals surface area contributed by atoms with Gasteiger partial charge < -0.3 is 0 Å². The van der Waals surface area contributed by atoms with Crippen LogP contribution in [0.5, 0.6) is 0 Å². The van der Waals surface area contributed by atoms with Crippen LogP contribution in [0.15, 0.2) is 23.3 Å². The highest BCUT2D eigenvalue weighted by atomic mass is 19.4. The Hall–Kier alpha value is -1.53. The van der Waals surface area contributed by atoms with E-state index in [1.165, 1.54) is 6.07 Å². The highest BCUT2D eigenvalue weighted by molar-refractivity contribution is 5.78. The summed E-state index contributed by atoms with van der Waals surface area (Å²) in [6, 6.07) is 2.27. The fourth-order valence-electron chi connectivity index (χ4n) is 0.877. The quantitative estimate of drug-likeness (QED) is 0.587. The van der Waals surface area contributed by atoms with Crippen molar-refractivity contribution in [1.29, 1.82) is 0 Å². The molecule has 2 nitrogen and oxygen atoms in total. The van der Waals surface area contributed by atoms with E-state index in [2.05, 4.69) is 9.98 Å². The van der Waals surface area contributed by atoms with Gasteiger partial charge >= 0.3 is 6.18 Å². The molecule has 0 aliphatic heterocycles. The van der Waals surface area contributed by atoms with Crippen molar-refractivity contribution in [2.24, 2.45) is 4.99 Å². The predicted octanol–water partition coefficient (Wildman–Crippen LogP) is 3.00. The van der Waals surface area contributed by atoms with Crippen molar-refractivity contribution in [3.63, 3.8) is 0 Å². The summed E-state index contributed by atoms with van der Waals surface area (Å²) in [6.07, 6.45) is -5.08. The Kier molecular flexibility index (Phi) is 3.92. The molecule has 0 bridgehead atoms. The van der Waals surface area contributed by atoms with Crippen molar-refractivity contribution in [2.45, 2.75) is 12.6 Å². The Bertz CT molecular complexity index is 355. The molecule has 7 heteroatoms. The fraction of sp³-hybridized carbons (Fsp3) is 0.333. The molecule has 0 saturated carbocycles. The minimum Gasteiger partial charge on any atom is -0.283 e. The molecule has 0 aliphatic rings. The third kappa shape index (κ3) is 4.33. The topological polar surface area (TPSA) is 25.2 Å². The average Bonchev–Trinajstić information content (AvgIpc) is 2.16. The van der Waals surface area contributed by atoms with Crippen molar-refractivity contribution in [1.82, 2.24) is 4.98 Å². The summed E-state index contributed by atoms with van der Waals surface area (Å²) in [5.74, 6) is 0. The Morgan fingerprint density at radius 1 is 1.31 bits per heavy atom. The summed E-state index contributed by atoms with van der Waals surface area (Å²) in [5.41, 5.74) is -0.179. The maximum atomic E-state index is 12.1. The number of aliphatic imine (C=N–C) groups is 1. The van der Waals surface area contributed by atoms with Crippen LogP contribution in [0.2, 0.25) is 0 Å². The van der Waals surface area contributed by atoms with Crippen LogP contribution >= 0.6 is 0 Å². The molecule has 0 N–H and O–H groups in total. The number of hydrogen-bond acceptors (Lipinski definition) is 2. The van der Waals surface area contributed by atoms with Gasteiger partial charge in [-0.1, -0.05) is 0 Å². The molecule has 1 aromatic heterocycles. The van der Waals surface area contributed by atoms with E-state index in [0.717, 1.165) is 18.5 Å². The standard InChI is InChI=1S/C9H7F5N2/c10-8(11)7-2-1-6(4-16-7)3-15-5-9(12,13)14/h1-4,8H,5H2/b15-3+. The molecule has 0 aliphatic carbocycles. The van der Waals surface area contributed by atoms with E-state index < -0.39 is 24.8 Å². The predicted molar refractivity (Wildman–Crippen MR) is 47.7 cm³/mol. The van der Waals surface area contributed by atoms with Crippen LogP contribution in [0, 0.1) is 0 Å². The monoisotopic (exact) mass is 238 g/mol. The number of aromatic nitrogens is 1. The van der Waals surface area contributed by atoms with Gasteiger partial charge in [-0.25, -0.2) is 8.78 Å². The molecule has 0 unspecified atom stereocenters. The van der Waals surface area contributed by atoms with Gasteiger partial charge in [0.2, 0.25) is 0 Å². The van der Waals surface area contributed by atoms with Crippen LogP contribution in [0.25, 0.3) is 0 Å². The zero-order valence-electron chi connectivity index (χ0n) is 7.88. The lowest BCUT2D eigenvalue weighted by atomic mass is 10.2. The summed E-state index contributed by atoms with van der Waals surface area (Å²) in [7, 11) is 0. The molecule has 0 spiro atoms. The Balaban J connectivity index is 2.62. The van der Waals surface area contributed by atoms with E-state index in [1.807, 2.05) is 0 Å². The number of rotatable bonds is 3. The summed E-state index contributed by atoms with van der Waals surface area (Å²) < 4.78 is 59.2. The minimum atomic E-state index is -4.37. The SMILES string of the molecule is FC(F)c1ccc(/C=N/CC(F)(F)F)cn1. The molecule has 0 atom stereocenters. The first kappa shape index (κ1) is 12.5. The summed E-state index contributed by atoms with van der Waals surface area (Å²) >= 11 is 0. The largest absolute Gasteiger partial charge is 0.407 e. The summed E-state index contributed by atoms with van der Waals surface area (Å²) in [4.78, 5) is 6.48. The van der Waals surface area contributed by atoms with Gasteiger partial charge in [-0.05, 0) is 12.1 Å². The first-order valence-electron chi connectivity index (χ1n) is 4.19. The highest BCUT2D eigenvalue weighted by Crippen LogP contribution is 2.16. The number of pyridine rings is 1. The zero-order chi connectivity index (χ0) is 12.2. The number of hydrogen-bond donors (Lipinski definition) is 0. The summed E-state index contributed by atoms with van der Waals surface area (Å²) in [6.45, 7) is -1.30. The third-order valence-corrected chi connectivity index (χ3v) is 1.54. The molecule has 1 aromatic rings. The zero-order valence-corrected chi connectivity index (χ0v) is 7.88. The van der Waals surface area contributed by atoms with Crippen LogP contribution in [-0.2, 0) is 0 Å². The molecule has 0 fully saturated rings. The van der Waals surface area contributed by atoms with E-state index >= 15 is 0 Å². The van der Waals surface area contributed by atoms with Gasteiger partial charge in [-0.2, -0.15) is 13.2 Å². The van der Waals surface area contributed by atoms with Crippen LogP contribution in [-0.4, -0.2) is 23.9 Å². The molecule has 0 amide bonds. The molecule has 16 heavy (non-hydrogen) atoms. The first-order valence-corrected chi connectivity index (χ1v) is 4.19. The van der Waals surface area contributed by atoms with E-state index in [0.29, 0.717) is 0 Å². The molecule has 88 valence electrons. The molecule has 0 radical (unpaired) electrons. The lowest BCUT2D eigenvalue weighted by Crippen LogP contribution is -2.11. The molecular weight excluding hydrogens is 231 g/mol. The van der Waals surface area contributed by atoms with Gasteiger partial charge in [0.1, 0.15) is 12.2 Å². The van der Waals surface area contributed by atoms with E-state index in [-0.39, 0.29) is 5.56 Å². The van der Waals surface area contributed by atoms with Crippen molar-refractivity contribution in [2.75, 3.05) is 6.54 Å². The Morgan fingerprint density at radius 3 is 2.44 bits per heavy atom. The Labute approximate surface area is 87.8 Å². The number of nitrogens with zero attached hydrogens (tertiary/aromatic N) is 2. The van der Waals surface area contributed by atoms with Gasteiger partial charge in [0.05, 0.1) is 0 Å².